The van der Waals surface area contributed by atoms with Gasteiger partial charge in [0.1, 0.15) is 18.5 Å². The number of alkyl halides is 3. The average Bonchev–Trinajstić information content (AvgIpc) is 2.53. The summed E-state index contributed by atoms with van der Waals surface area (Å²) in [4.78, 5) is 6.00. The molecule has 1 N–H and O–H groups in total. The van der Waals surface area contributed by atoms with Crippen molar-refractivity contribution in [2.75, 3.05) is 20.2 Å². The molecule has 4 nitrogen and oxygen atoms in total. The maximum absolute atomic E-state index is 12.9. The predicted octanol–water partition coefficient (Wildman–Crippen LogP) is 2.97. The summed E-state index contributed by atoms with van der Waals surface area (Å²) in [6.07, 6.45) is -3.73. The summed E-state index contributed by atoms with van der Waals surface area (Å²) < 4.78 is 43.8. The van der Waals surface area contributed by atoms with Crippen molar-refractivity contribution in [3.63, 3.8) is 0 Å². The van der Waals surface area contributed by atoms with Crippen molar-refractivity contribution in [1.82, 2.24) is 9.88 Å². The van der Waals surface area contributed by atoms with E-state index in [1.54, 1.807) is 13.2 Å². The maximum Gasteiger partial charge on any atom is 0.419 e. The zero-order chi connectivity index (χ0) is 17.6. The molecule has 0 bridgehead atoms. The molecule has 1 aromatic heterocycles. The number of halogens is 3. The summed E-state index contributed by atoms with van der Waals surface area (Å²) in [7, 11) is 1.79. The standard InChI is InChI=1S/C17H19F3N2O2/c1-22(10-13-6-4-5-9-21-13)11-14(23)12-24-16-8-3-2-7-15(16)17(18,19)20/h2-9,14,23H,10-12H2,1H3/t14-/m1/s1. The minimum atomic E-state index is -4.49. The van der Waals surface area contributed by atoms with Crippen molar-refractivity contribution in [2.45, 2.75) is 18.8 Å². The highest BCUT2D eigenvalue weighted by atomic mass is 19.4. The normalized spacial score (nSPS) is 13.1. The number of benzene rings is 1. The third kappa shape index (κ3) is 5.50. The highest BCUT2D eigenvalue weighted by molar-refractivity contribution is 5.35. The van der Waals surface area contributed by atoms with E-state index in [0.29, 0.717) is 6.54 Å². The van der Waals surface area contributed by atoms with Gasteiger partial charge in [-0.1, -0.05) is 18.2 Å². The Morgan fingerprint density at radius 3 is 2.54 bits per heavy atom. The summed E-state index contributed by atoms with van der Waals surface area (Å²) in [6.45, 7) is 0.557. The molecule has 0 aliphatic heterocycles. The van der Waals surface area contributed by atoms with Crippen LogP contribution in [0.1, 0.15) is 11.3 Å². The van der Waals surface area contributed by atoms with Crippen LogP contribution in [0.15, 0.2) is 48.7 Å². The SMILES string of the molecule is CN(Cc1ccccn1)C[C@@H](O)COc1ccccc1C(F)(F)F. The fraction of sp³-hybridized carbons (Fsp3) is 0.353. The molecule has 1 atom stereocenters. The number of hydrogen-bond donors (Lipinski definition) is 1. The Hall–Kier alpha value is -2.12. The lowest BCUT2D eigenvalue weighted by molar-refractivity contribution is -0.139. The van der Waals surface area contributed by atoms with Gasteiger partial charge in [-0.15, -0.1) is 0 Å². The zero-order valence-electron chi connectivity index (χ0n) is 13.2. The molecule has 130 valence electrons. The third-order valence-corrected chi connectivity index (χ3v) is 3.30. The summed E-state index contributed by atoms with van der Waals surface area (Å²) >= 11 is 0. The number of hydrogen-bond acceptors (Lipinski definition) is 4. The second kappa shape index (κ2) is 8.12. The average molecular weight is 340 g/mol. The fourth-order valence-corrected chi connectivity index (χ4v) is 2.26. The fourth-order valence-electron chi connectivity index (χ4n) is 2.26. The molecule has 0 unspecified atom stereocenters. The predicted molar refractivity (Wildman–Crippen MR) is 83.5 cm³/mol. The van der Waals surface area contributed by atoms with Crippen molar-refractivity contribution in [2.24, 2.45) is 0 Å². The van der Waals surface area contributed by atoms with Crippen LogP contribution in [0.5, 0.6) is 5.75 Å². The van der Waals surface area contributed by atoms with Gasteiger partial charge < -0.3 is 9.84 Å². The monoisotopic (exact) mass is 340 g/mol. The lowest BCUT2D eigenvalue weighted by Gasteiger charge is -2.21. The van der Waals surface area contributed by atoms with E-state index in [-0.39, 0.29) is 18.9 Å². The van der Waals surface area contributed by atoms with Crippen LogP contribution in [0.2, 0.25) is 0 Å². The smallest absolute Gasteiger partial charge is 0.419 e. The largest absolute Gasteiger partial charge is 0.490 e. The van der Waals surface area contributed by atoms with E-state index in [0.717, 1.165) is 11.8 Å². The van der Waals surface area contributed by atoms with Gasteiger partial charge in [-0.25, -0.2) is 0 Å². The first kappa shape index (κ1) is 18.2. The molecule has 2 rings (SSSR count). The van der Waals surface area contributed by atoms with E-state index in [9.17, 15) is 18.3 Å². The van der Waals surface area contributed by atoms with Crippen molar-refractivity contribution >= 4 is 0 Å². The van der Waals surface area contributed by atoms with Crippen LogP contribution in [0.3, 0.4) is 0 Å². The van der Waals surface area contributed by atoms with Gasteiger partial charge in [-0.05, 0) is 31.3 Å². The molecule has 0 radical (unpaired) electrons. The van der Waals surface area contributed by atoms with E-state index < -0.39 is 17.8 Å². The molecule has 0 saturated heterocycles. The van der Waals surface area contributed by atoms with Gasteiger partial charge in [0.15, 0.2) is 0 Å². The van der Waals surface area contributed by atoms with E-state index in [4.69, 9.17) is 4.74 Å². The quantitative estimate of drug-likeness (QED) is 0.842. The molecule has 1 aromatic carbocycles. The summed E-state index contributed by atoms with van der Waals surface area (Å²) in [5.74, 6) is -0.281. The van der Waals surface area contributed by atoms with Gasteiger partial charge in [0.2, 0.25) is 0 Å². The number of aliphatic hydroxyl groups is 1. The Balaban J connectivity index is 1.86. The van der Waals surface area contributed by atoms with E-state index in [1.807, 2.05) is 23.1 Å². The minimum absolute atomic E-state index is 0.223. The number of ether oxygens (including phenoxy) is 1. The van der Waals surface area contributed by atoms with Crippen molar-refractivity contribution in [3.8, 4) is 5.75 Å². The van der Waals surface area contributed by atoms with Crippen LogP contribution in [-0.2, 0) is 12.7 Å². The van der Waals surface area contributed by atoms with Gasteiger partial charge in [-0.2, -0.15) is 13.2 Å². The number of rotatable bonds is 7. The minimum Gasteiger partial charge on any atom is -0.490 e. The molecule has 0 aliphatic rings. The van der Waals surface area contributed by atoms with E-state index in [2.05, 4.69) is 4.98 Å². The molecule has 0 fully saturated rings. The van der Waals surface area contributed by atoms with E-state index >= 15 is 0 Å². The van der Waals surface area contributed by atoms with Crippen LogP contribution in [-0.4, -0.2) is 41.3 Å². The first-order valence-corrected chi connectivity index (χ1v) is 7.42. The molecule has 0 spiro atoms. The summed E-state index contributed by atoms with van der Waals surface area (Å²) in [6, 6.07) is 10.5. The highest BCUT2D eigenvalue weighted by Crippen LogP contribution is 2.35. The molecule has 2 aromatic rings. The lowest BCUT2D eigenvalue weighted by Crippen LogP contribution is -2.33. The number of pyridine rings is 1. The summed E-state index contributed by atoms with van der Waals surface area (Å²) in [5.41, 5.74) is -0.00502. The molecule has 7 heteroatoms. The van der Waals surface area contributed by atoms with Crippen LogP contribution < -0.4 is 4.74 Å². The number of nitrogens with zero attached hydrogens (tertiary/aromatic N) is 2. The van der Waals surface area contributed by atoms with Gasteiger partial charge in [0.25, 0.3) is 0 Å². The molecule has 0 amide bonds. The number of para-hydroxylation sites is 1. The second-order valence-corrected chi connectivity index (χ2v) is 5.48. The molecular formula is C17H19F3N2O2. The van der Waals surface area contributed by atoms with Gasteiger partial charge in [0, 0.05) is 19.3 Å². The molecule has 0 saturated carbocycles. The Kier molecular flexibility index (Phi) is 6.16. The second-order valence-electron chi connectivity index (χ2n) is 5.48. The Labute approximate surface area is 138 Å². The van der Waals surface area contributed by atoms with Crippen molar-refractivity contribution in [1.29, 1.82) is 0 Å². The number of aliphatic hydroxyl groups excluding tert-OH is 1. The lowest BCUT2D eigenvalue weighted by atomic mass is 10.2. The topological polar surface area (TPSA) is 45.6 Å². The molecule has 24 heavy (non-hydrogen) atoms. The molecular weight excluding hydrogens is 321 g/mol. The Morgan fingerprint density at radius 2 is 1.88 bits per heavy atom. The van der Waals surface area contributed by atoms with Gasteiger partial charge >= 0.3 is 6.18 Å². The highest BCUT2D eigenvalue weighted by Gasteiger charge is 2.34. The number of aromatic nitrogens is 1. The first-order chi connectivity index (χ1) is 11.4. The van der Waals surface area contributed by atoms with Crippen LogP contribution >= 0.6 is 0 Å². The van der Waals surface area contributed by atoms with Crippen LogP contribution in [0, 0.1) is 0 Å². The summed E-state index contributed by atoms with van der Waals surface area (Å²) in [5, 5.41) is 9.98. The van der Waals surface area contributed by atoms with Crippen molar-refractivity contribution < 1.29 is 23.0 Å². The van der Waals surface area contributed by atoms with Gasteiger partial charge in [-0.3, -0.25) is 9.88 Å². The Morgan fingerprint density at radius 1 is 1.17 bits per heavy atom. The zero-order valence-corrected chi connectivity index (χ0v) is 13.2. The molecule has 0 aliphatic carbocycles. The maximum atomic E-state index is 12.9. The number of likely N-dealkylation sites (N-methyl/N-ethyl adjacent to an activating group) is 1. The van der Waals surface area contributed by atoms with Crippen LogP contribution in [0.4, 0.5) is 13.2 Å². The van der Waals surface area contributed by atoms with E-state index in [1.165, 1.54) is 18.2 Å². The Bertz CT molecular complexity index is 635. The van der Waals surface area contributed by atoms with Crippen LogP contribution in [0.25, 0.3) is 0 Å². The van der Waals surface area contributed by atoms with Gasteiger partial charge in [0.05, 0.1) is 11.3 Å². The first-order valence-electron chi connectivity index (χ1n) is 7.42. The third-order valence-electron chi connectivity index (χ3n) is 3.30. The van der Waals surface area contributed by atoms with Crippen molar-refractivity contribution in [3.05, 3.63) is 59.9 Å². The molecule has 1 heterocycles.